The molecule has 9 rings (SSSR count). The molecule has 1 heterocycles. The van der Waals surface area contributed by atoms with Gasteiger partial charge in [-0.25, -0.2) is 4.98 Å². The minimum absolute atomic E-state index is 0.958. The van der Waals surface area contributed by atoms with Gasteiger partial charge in [0.05, 0.1) is 11.0 Å². The predicted octanol–water partition coefficient (Wildman–Crippen LogP) is 13.3. The van der Waals surface area contributed by atoms with Crippen molar-refractivity contribution in [1.82, 2.24) is 9.55 Å². The van der Waals surface area contributed by atoms with E-state index in [1.54, 1.807) is 0 Å². The number of imidazole rings is 1. The van der Waals surface area contributed by atoms with E-state index in [9.17, 15) is 0 Å². The van der Waals surface area contributed by atoms with Gasteiger partial charge in [0.2, 0.25) is 0 Å². The van der Waals surface area contributed by atoms with Crippen LogP contribution >= 0.6 is 0 Å². The maximum absolute atomic E-state index is 5.05. The normalized spacial score (nSPS) is 11.5. The number of fused-ring (bicyclic) bond motifs is 3. The Labute approximate surface area is 299 Å². The lowest BCUT2D eigenvalue weighted by molar-refractivity contribution is 0.744. The average Bonchev–Trinajstić information content (AvgIpc) is 3.58. The maximum atomic E-state index is 5.05. The Balaban J connectivity index is 1.25. The summed E-state index contributed by atoms with van der Waals surface area (Å²) >= 11 is 0. The molecule has 0 aliphatic heterocycles. The van der Waals surface area contributed by atoms with Gasteiger partial charge in [0.1, 0.15) is 5.82 Å². The van der Waals surface area contributed by atoms with Gasteiger partial charge < -0.3 is 0 Å². The molecule has 51 heavy (non-hydrogen) atoms. The topological polar surface area (TPSA) is 17.8 Å². The van der Waals surface area contributed by atoms with Crippen LogP contribution in [0.2, 0.25) is 0 Å². The van der Waals surface area contributed by atoms with Crippen LogP contribution in [0.5, 0.6) is 0 Å². The minimum atomic E-state index is 0.958. The van der Waals surface area contributed by atoms with Gasteiger partial charge >= 0.3 is 0 Å². The van der Waals surface area contributed by atoms with E-state index >= 15 is 0 Å². The molecule has 0 unspecified atom stereocenters. The van der Waals surface area contributed by atoms with Gasteiger partial charge in [-0.1, -0.05) is 159 Å². The molecule has 2 nitrogen and oxygen atoms in total. The maximum Gasteiger partial charge on any atom is 0.114 e. The fourth-order valence-corrected chi connectivity index (χ4v) is 7.71. The second-order valence-electron chi connectivity index (χ2n) is 13.4. The molecule has 9 aromatic rings. The van der Waals surface area contributed by atoms with Crippen LogP contribution in [-0.4, -0.2) is 9.55 Å². The van der Waals surface area contributed by atoms with Gasteiger partial charge in [-0.05, 0) is 103 Å². The summed E-state index contributed by atoms with van der Waals surface area (Å²) in [5.74, 6) is 1.12. The molecule has 0 saturated carbocycles. The van der Waals surface area contributed by atoms with Crippen LogP contribution in [-0.2, 0) is 6.42 Å². The fraction of sp³-hybridized carbons (Fsp3) is 0.0816. The molecule has 244 valence electrons. The van der Waals surface area contributed by atoms with E-state index in [4.69, 9.17) is 4.98 Å². The van der Waals surface area contributed by atoms with Crippen molar-refractivity contribution in [2.45, 2.75) is 26.2 Å². The molecule has 0 saturated heterocycles. The highest BCUT2D eigenvalue weighted by molar-refractivity contribution is 6.22. The first-order valence-electron chi connectivity index (χ1n) is 18.0. The van der Waals surface area contributed by atoms with Gasteiger partial charge in [0.25, 0.3) is 0 Å². The summed E-state index contributed by atoms with van der Waals surface area (Å²) in [4.78, 5) is 5.05. The van der Waals surface area contributed by atoms with Crippen molar-refractivity contribution in [2.24, 2.45) is 0 Å². The van der Waals surface area contributed by atoms with E-state index in [2.05, 4.69) is 187 Å². The van der Waals surface area contributed by atoms with E-state index in [0.29, 0.717) is 0 Å². The zero-order valence-corrected chi connectivity index (χ0v) is 28.8. The number of unbranched alkanes of at least 4 members (excludes halogenated alkanes) is 1. The fourth-order valence-electron chi connectivity index (χ4n) is 7.71. The van der Waals surface area contributed by atoms with E-state index < -0.39 is 0 Å². The van der Waals surface area contributed by atoms with Crippen LogP contribution < -0.4 is 0 Å². The number of benzene rings is 8. The first-order valence-corrected chi connectivity index (χ1v) is 18.0. The minimum Gasteiger partial charge on any atom is -0.296 e. The van der Waals surface area contributed by atoms with Gasteiger partial charge in [-0.2, -0.15) is 0 Å². The lowest BCUT2D eigenvalue weighted by Crippen LogP contribution is -2.01. The molecule has 1 aromatic heterocycles. The summed E-state index contributed by atoms with van der Waals surface area (Å²) in [6, 6.07) is 64.0. The molecule has 0 aliphatic carbocycles. The van der Waals surface area contributed by atoms with Crippen LogP contribution in [0, 0.1) is 0 Å². The highest BCUT2D eigenvalue weighted by atomic mass is 15.1. The number of para-hydroxylation sites is 2. The number of hydrogen-bond donors (Lipinski definition) is 0. The molecule has 0 spiro atoms. The Morgan fingerprint density at radius 1 is 0.431 bits per heavy atom. The summed E-state index contributed by atoms with van der Waals surface area (Å²) in [5.41, 5.74) is 13.2. The first-order chi connectivity index (χ1) is 25.3. The third-order valence-electron chi connectivity index (χ3n) is 10.2. The van der Waals surface area contributed by atoms with Crippen molar-refractivity contribution in [1.29, 1.82) is 0 Å². The van der Waals surface area contributed by atoms with Crippen LogP contribution in [0.4, 0.5) is 0 Å². The first kappa shape index (κ1) is 30.8. The van der Waals surface area contributed by atoms with Gasteiger partial charge in [0, 0.05) is 12.1 Å². The van der Waals surface area contributed by atoms with E-state index in [-0.39, 0.29) is 0 Å². The molecule has 0 N–H and O–H groups in total. The molecule has 0 fully saturated rings. The largest absolute Gasteiger partial charge is 0.296 e. The summed E-state index contributed by atoms with van der Waals surface area (Å²) < 4.78 is 2.35. The summed E-state index contributed by atoms with van der Waals surface area (Å²) in [7, 11) is 0. The standard InChI is InChI=1S/C49H38N2/c1-2-3-22-47-50-45-20-12-13-21-46(45)51(47)40-30-27-38(28-31-40)48-41-18-10-11-19-42(41)49(37-25-23-36(24-26-37)34-14-6-4-7-15-34)44-33-39(29-32-43(44)48)35-16-8-5-9-17-35/h4-21,23-33H,2-3,22H2,1H3. The lowest BCUT2D eigenvalue weighted by atomic mass is 9.84. The van der Waals surface area contributed by atoms with Crippen molar-refractivity contribution in [2.75, 3.05) is 0 Å². The zero-order valence-electron chi connectivity index (χ0n) is 28.8. The van der Waals surface area contributed by atoms with Gasteiger partial charge in [0.15, 0.2) is 0 Å². The SMILES string of the molecule is CCCCc1nc2ccccc2n1-c1ccc(-c2c3ccccc3c(-c3ccc(-c4ccccc4)cc3)c3cc(-c4ccccc4)ccc23)cc1. The van der Waals surface area contributed by atoms with Crippen LogP contribution in [0.25, 0.3) is 82.8 Å². The van der Waals surface area contributed by atoms with Crippen molar-refractivity contribution < 1.29 is 0 Å². The number of nitrogens with zero attached hydrogens (tertiary/aromatic N) is 2. The Morgan fingerprint density at radius 2 is 0.922 bits per heavy atom. The Hall–Kier alpha value is -6.25. The van der Waals surface area contributed by atoms with E-state index in [1.165, 1.54) is 66.1 Å². The van der Waals surface area contributed by atoms with Crippen molar-refractivity contribution in [3.63, 3.8) is 0 Å². The molecule has 0 atom stereocenters. The van der Waals surface area contributed by atoms with Crippen molar-refractivity contribution >= 4 is 32.6 Å². The van der Waals surface area contributed by atoms with Gasteiger partial charge in [-0.15, -0.1) is 0 Å². The quantitative estimate of drug-likeness (QED) is 0.149. The lowest BCUT2D eigenvalue weighted by Gasteiger charge is -2.19. The Bertz CT molecular complexity index is 2630. The Kier molecular flexibility index (Phi) is 7.98. The van der Waals surface area contributed by atoms with Crippen molar-refractivity contribution in [3.8, 4) is 50.2 Å². The summed E-state index contributed by atoms with van der Waals surface area (Å²) in [6.45, 7) is 2.24. The van der Waals surface area contributed by atoms with E-state index in [0.717, 1.165) is 41.8 Å². The third kappa shape index (κ3) is 5.59. The monoisotopic (exact) mass is 654 g/mol. The summed E-state index contributed by atoms with van der Waals surface area (Å²) in [5, 5.41) is 5.01. The summed E-state index contributed by atoms with van der Waals surface area (Å²) in [6.07, 6.45) is 3.22. The average molecular weight is 655 g/mol. The third-order valence-corrected chi connectivity index (χ3v) is 10.2. The number of aryl methyl sites for hydroxylation is 1. The van der Waals surface area contributed by atoms with Crippen LogP contribution in [0.15, 0.2) is 176 Å². The molecule has 2 heteroatoms. The van der Waals surface area contributed by atoms with E-state index in [1.807, 2.05) is 0 Å². The molecule has 0 aliphatic rings. The second-order valence-corrected chi connectivity index (χ2v) is 13.4. The molecule has 8 aromatic carbocycles. The highest BCUT2D eigenvalue weighted by Crippen LogP contribution is 2.45. The number of rotatable bonds is 8. The molecule has 0 amide bonds. The molecular formula is C49H38N2. The molecular weight excluding hydrogens is 617 g/mol. The predicted molar refractivity (Wildman–Crippen MR) is 216 cm³/mol. The zero-order chi connectivity index (χ0) is 34.1. The molecule has 0 bridgehead atoms. The second kappa shape index (κ2) is 13.2. The number of aromatic nitrogens is 2. The van der Waals surface area contributed by atoms with Crippen LogP contribution in [0.3, 0.4) is 0 Å². The molecule has 0 radical (unpaired) electrons. The van der Waals surface area contributed by atoms with Crippen LogP contribution in [0.1, 0.15) is 25.6 Å². The smallest absolute Gasteiger partial charge is 0.114 e. The number of hydrogen-bond acceptors (Lipinski definition) is 1. The Morgan fingerprint density at radius 3 is 1.59 bits per heavy atom. The highest BCUT2D eigenvalue weighted by Gasteiger charge is 2.19. The van der Waals surface area contributed by atoms with Gasteiger partial charge in [-0.3, -0.25) is 4.57 Å². The van der Waals surface area contributed by atoms with Crippen molar-refractivity contribution in [3.05, 3.63) is 182 Å².